The van der Waals surface area contributed by atoms with Crippen molar-refractivity contribution in [3.8, 4) is 0 Å². The number of ether oxygens (including phenoxy) is 3. The molecule has 3 heteroatoms. The van der Waals surface area contributed by atoms with Crippen molar-refractivity contribution in [3.05, 3.63) is 0 Å². The maximum absolute atomic E-state index is 6.03. The molecule has 1 aliphatic rings. The summed E-state index contributed by atoms with van der Waals surface area (Å²) >= 11 is 0. The second-order valence-corrected chi connectivity index (χ2v) is 6.79. The van der Waals surface area contributed by atoms with Crippen LogP contribution in [0.5, 0.6) is 0 Å². The average Bonchev–Trinajstić information content (AvgIpc) is 3.05. The van der Waals surface area contributed by atoms with E-state index >= 15 is 0 Å². The summed E-state index contributed by atoms with van der Waals surface area (Å²) in [7, 11) is 0. The fraction of sp³-hybridized carbons (Fsp3) is 1.00. The minimum absolute atomic E-state index is 0.142. The van der Waals surface area contributed by atoms with Crippen molar-refractivity contribution in [2.75, 3.05) is 19.8 Å². The highest BCUT2D eigenvalue weighted by Gasteiger charge is 2.33. The van der Waals surface area contributed by atoms with E-state index in [0.29, 0.717) is 18.6 Å². The molecule has 108 valence electrons. The van der Waals surface area contributed by atoms with Gasteiger partial charge in [-0.3, -0.25) is 0 Å². The molecule has 1 saturated heterocycles. The van der Waals surface area contributed by atoms with Gasteiger partial charge in [0.15, 0.2) is 0 Å². The second kappa shape index (κ2) is 6.36. The molecular weight excluding hydrogens is 228 g/mol. The second-order valence-electron chi connectivity index (χ2n) is 6.79. The topological polar surface area (TPSA) is 31.0 Å². The van der Waals surface area contributed by atoms with Crippen molar-refractivity contribution in [2.24, 2.45) is 5.92 Å². The van der Waals surface area contributed by atoms with Crippen molar-refractivity contribution in [1.82, 2.24) is 0 Å². The van der Waals surface area contributed by atoms with Crippen molar-refractivity contribution in [3.63, 3.8) is 0 Å². The van der Waals surface area contributed by atoms with Crippen LogP contribution in [0.4, 0.5) is 0 Å². The largest absolute Gasteiger partial charge is 0.375 e. The zero-order chi connectivity index (χ0) is 13.8. The molecule has 0 saturated carbocycles. The SMILES string of the molecule is CCC(C)COC(C)(C)CC(C)(C)OCC1CO1. The van der Waals surface area contributed by atoms with Crippen LogP contribution in [-0.2, 0) is 14.2 Å². The molecular formula is C15H30O3. The van der Waals surface area contributed by atoms with Crippen molar-refractivity contribution < 1.29 is 14.2 Å². The Morgan fingerprint density at radius 2 is 1.72 bits per heavy atom. The van der Waals surface area contributed by atoms with Crippen LogP contribution in [0, 0.1) is 5.92 Å². The van der Waals surface area contributed by atoms with E-state index in [0.717, 1.165) is 26.1 Å². The maximum Gasteiger partial charge on any atom is 0.104 e. The van der Waals surface area contributed by atoms with Crippen LogP contribution in [0.3, 0.4) is 0 Å². The number of hydrogen-bond donors (Lipinski definition) is 0. The fourth-order valence-electron chi connectivity index (χ4n) is 2.10. The van der Waals surface area contributed by atoms with Gasteiger partial charge in [0.2, 0.25) is 0 Å². The van der Waals surface area contributed by atoms with Crippen molar-refractivity contribution in [1.29, 1.82) is 0 Å². The zero-order valence-electron chi connectivity index (χ0n) is 12.9. The Kier molecular flexibility index (Phi) is 5.63. The number of rotatable bonds is 9. The molecule has 2 unspecified atom stereocenters. The molecule has 0 aromatic heterocycles. The molecule has 0 aromatic rings. The van der Waals surface area contributed by atoms with Crippen LogP contribution >= 0.6 is 0 Å². The highest BCUT2D eigenvalue weighted by Crippen LogP contribution is 2.28. The van der Waals surface area contributed by atoms with Crippen molar-refractivity contribution in [2.45, 2.75) is 71.7 Å². The summed E-state index contributed by atoms with van der Waals surface area (Å²) in [6.07, 6.45) is 2.38. The van der Waals surface area contributed by atoms with E-state index in [1.807, 2.05) is 0 Å². The van der Waals surface area contributed by atoms with Gasteiger partial charge in [0.05, 0.1) is 24.4 Å². The van der Waals surface area contributed by atoms with Gasteiger partial charge in [-0.05, 0) is 33.6 Å². The first kappa shape index (κ1) is 15.9. The van der Waals surface area contributed by atoms with Gasteiger partial charge in [0.25, 0.3) is 0 Å². The minimum atomic E-state index is -0.162. The summed E-state index contributed by atoms with van der Waals surface area (Å²) in [5.74, 6) is 0.619. The quantitative estimate of drug-likeness (QED) is 0.594. The molecule has 0 aliphatic carbocycles. The summed E-state index contributed by atoms with van der Waals surface area (Å²) in [6.45, 7) is 15.4. The van der Waals surface area contributed by atoms with Crippen LogP contribution < -0.4 is 0 Å². The van der Waals surface area contributed by atoms with E-state index < -0.39 is 0 Å². The molecule has 1 fully saturated rings. The molecule has 0 N–H and O–H groups in total. The highest BCUT2D eigenvalue weighted by molar-refractivity contribution is 4.82. The van der Waals surface area contributed by atoms with Gasteiger partial charge in [-0.15, -0.1) is 0 Å². The highest BCUT2D eigenvalue weighted by atomic mass is 16.6. The molecule has 1 rings (SSSR count). The Bertz CT molecular complexity index is 244. The van der Waals surface area contributed by atoms with E-state index in [1.165, 1.54) is 0 Å². The Morgan fingerprint density at radius 1 is 1.17 bits per heavy atom. The molecule has 0 amide bonds. The molecule has 1 aliphatic heterocycles. The molecule has 2 atom stereocenters. The summed E-state index contributed by atoms with van der Waals surface area (Å²) < 4.78 is 17.1. The molecule has 1 heterocycles. The lowest BCUT2D eigenvalue weighted by molar-refractivity contribution is -0.108. The van der Waals surface area contributed by atoms with E-state index in [4.69, 9.17) is 14.2 Å². The van der Waals surface area contributed by atoms with Gasteiger partial charge in [0.1, 0.15) is 6.10 Å². The summed E-state index contributed by atoms with van der Waals surface area (Å²) in [5, 5.41) is 0. The lowest BCUT2D eigenvalue weighted by Crippen LogP contribution is -2.38. The van der Waals surface area contributed by atoms with Gasteiger partial charge >= 0.3 is 0 Å². The standard InChI is InChI=1S/C15H30O3/c1-7-12(2)8-17-14(3,4)11-15(5,6)18-10-13-9-16-13/h12-13H,7-11H2,1-6H3. The Labute approximate surface area is 112 Å². The molecule has 0 aromatic carbocycles. The van der Waals surface area contributed by atoms with Gasteiger partial charge in [-0.25, -0.2) is 0 Å². The molecule has 0 bridgehead atoms. The van der Waals surface area contributed by atoms with E-state index in [1.54, 1.807) is 0 Å². The fourth-order valence-corrected chi connectivity index (χ4v) is 2.10. The first-order valence-electron chi connectivity index (χ1n) is 7.13. The smallest absolute Gasteiger partial charge is 0.104 e. The van der Waals surface area contributed by atoms with E-state index in [2.05, 4.69) is 41.5 Å². The maximum atomic E-state index is 6.03. The van der Waals surface area contributed by atoms with Gasteiger partial charge in [-0.1, -0.05) is 20.3 Å². The van der Waals surface area contributed by atoms with E-state index in [-0.39, 0.29) is 11.2 Å². The third-order valence-electron chi connectivity index (χ3n) is 3.37. The first-order valence-corrected chi connectivity index (χ1v) is 7.13. The van der Waals surface area contributed by atoms with E-state index in [9.17, 15) is 0 Å². The first-order chi connectivity index (χ1) is 8.24. The molecule has 3 nitrogen and oxygen atoms in total. The van der Waals surface area contributed by atoms with Crippen LogP contribution in [-0.4, -0.2) is 37.1 Å². The number of epoxide rings is 1. The van der Waals surface area contributed by atoms with Gasteiger partial charge in [0, 0.05) is 13.0 Å². The molecule has 0 spiro atoms. The third kappa shape index (κ3) is 6.72. The van der Waals surface area contributed by atoms with Crippen LogP contribution in [0.1, 0.15) is 54.4 Å². The van der Waals surface area contributed by atoms with Crippen molar-refractivity contribution >= 4 is 0 Å². The van der Waals surface area contributed by atoms with Crippen LogP contribution in [0.15, 0.2) is 0 Å². The predicted octanol–water partition coefficient (Wildman–Crippen LogP) is 3.41. The average molecular weight is 258 g/mol. The lowest BCUT2D eigenvalue weighted by Gasteiger charge is -2.35. The van der Waals surface area contributed by atoms with Crippen LogP contribution in [0.25, 0.3) is 0 Å². The lowest BCUT2D eigenvalue weighted by atomic mass is 9.92. The van der Waals surface area contributed by atoms with Crippen LogP contribution in [0.2, 0.25) is 0 Å². The number of hydrogen-bond acceptors (Lipinski definition) is 3. The third-order valence-corrected chi connectivity index (χ3v) is 3.37. The zero-order valence-corrected chi connectivity index (χ0v) is 12.9. The summed E-state index contributed by atoms with van der Waals surface area (Å²) in [5.41, 5.74) is -0.303. The minimum Gasteiger partial charge on any atom is -0.375 e. The summed E-state index contributed by atoms with van der Waals surface area (Å²) in [6, 6.07) is 0. The molecule has 18 heavy (non-hydrogen) atoms. The Balaban J connectivity index is 2.31. The normalized spacial score (nSPS) is 22.0. The van der Waals surface area contributed by atoms with Gasteiger partial charge < -0.3 is 14.2 Å². The summed E-state index contributed by atoms with van der Waals surface area (Å²) in [4.78, 5) is 0. The Hall–Kier alpha value is -0.120. The monoisotopic (exact) mass is 258 g/mol. The Morgan fingerprint density at radius 3 is 2.22 bits per heavy atom. The van der Waals surface area contributed by atoms with Gasteiger partial charge in [-0.2, -0.15) is 0 Å². The molecule has 0 radical (unpaired) electrons. The predicted molar refractivity (Wildman–Crippen MR) is 73.9 cm³/mol.